The number of rotatable bonds is 5. The van der Waals surface area contributed by atoms with Gasteiger partial charge in [0.1, 0.15) is 5.75 Å². The minimum Gasteiger partial charge on any atom is -0.506 e. The van der Waals surface area contributed by atoms with Gasteiger partial charge in [0.25, 0.3) is 11.8 Å². The molecule has 38 heavy (non-hydrogen) atoms. The Labute approximate surface area is 229 Å². The summed E-state index contributed by atoms with van der Waals surface area (Å²) in [6, 6.07) is 23.2. The van der Waals surface area contributed by atoms with E-state index in [1.165, 1.54) is 18.2 Å². The highest BCUT2D eigenvalue weighted by Crippen LogP contribution is 2.26. The number of phenols is 1. The molecule has 4 aromatic carbocycles. The van der Waals surface area contributed by atoms with Crippen molar-refractivity contribution in [2.75, 3.05) is 31.1 Å². The van der Waals surface area contributed by atoms with Gasteiger partial charge in [-0.25, -0.2) is 5.43 Å². The second-order valence-corrected chi connectivity index (χ2v) is 9.71. The summed E-state index contributed by atoms with van der Waals surface area (Å²) < 4.78 is 0. The van der Waals surface area contributed by atoms with Crippen LogP contribution in [0.3, 0.4) is 0 Å². The van der Waals surface area contributed by atoms with E-state index < -0.39 is 5.91 Å². The minimum atomic E-state index is -0.461. The van der Waals surface area contributed by atoms with E-state index in [9.17, 15) is 14.7 Å². The van der Waals surface area contributed by atoms with Gasteiger partial charge in [-0.3, -0.25) is 9.59 Å². The van der Waals surface area contributed by atoms with Gasteiger partial charge in [-0.2, -0.15) is 5.10 Å². The molecule has 0 atom stereocenters. The molecule has 1 aliphatic rings. The first-order chi connectivity index (χ1) is 18.4. The minimum absolute atomic E-state index is 0.0158. The molecule has 4 aromatic rings. The zero-order chi connectivity index (χ0) is 26.6. The first-order valence-electron chi connectivity index (χ1n) is 12.0. The van der Waals surface area contributed by atoms with Crippen molar-refractivity contribution >= 4 is 57.7 Å². The summed E-state index contributed by atoms with van der Waals surface area (Å²) in [5, 5.41) is 16.1. The number of anilines is 1. The Morgan fingerprint density at radius 3 is 2.29 bits per heavy atom. The average Bonchev–Trinajstić information content (AvgIpc) is 2.94. The lowest BCUT2D eigenvalue weighted by Crippen LogP contribution is -2.48. The fraction of sp³-hybridized carbons (Fsp3) is 0.138. The van der Waals surface area contributed by atoms with E-state index >= 15 is 0 Å². The van der Waals surface area contributed by atoms with Crippen molar-refractivity contribution in [3.63, 3.8) is 0 Å². The van der Waals surface area contributed by atoms with Crippen LogP contribution in [0.4, 0.5) is 5.69 Å². The van der Waals surface area contributed by atoms with Gasteiger partial charge < -0.3 is 14.9 Å². The van der Waals surface area contributed by atoms with Crippen LogP contribution in [0.1, 0.15) is 26.3 Å². The number of fused-ring (bicyclic) bond motifs is 1. The number of halogens is 2. The molecular weight excluding hydrogens is 523 g/mol. The van der Waals surface area contributed by atoms with Crippen LogP contribution in [0.2, 0.25) is 10.0 Å². The molecule has 7 nitrogen and oxygen atoms in total. The van der Waals surface area contributed by atoms with Gasteiger partial charge >= 0.3 is 0 Å². The van der Waals surface area contributed by atoms with Crippen LogP contribution < -0.4 is 10.3 Å². The van der Waals surface area contributed by atoms with Crippen LogP contribution in [-0.2, 0) is 0 Å². The number of phenolic OH excluding ortho intramolecular Hbond substituents is 1. The quantitative estimate of drug-likeness (QED) is 0.253. The zero-order valence-corrected chi connectivity index (χ0v) is 21.8. The normalized spacial score (nSPS) is 13.7. The Balaban J connectivity index is 1.30. The molecule has 5 rings (SSSR count). The fourth-order valence-electron chi connectivity index (χ4n) is 4.48. The van der Waals surface area contributed by atoms with E-state index in [1.54, 1.807) is 12.3 Å². The molecule has 192 valence electrons. The van der Waals surface area contributed by atoms with Crippen molar-refractivity contribution in [3.8, 4) is 5.75 Å². The zero-order valence-electron chi connectivity index (χ0n) is 20.3. The molecule has 0 aliphatic carbocycles. The third-order valence-corrected chi connectivity index (χ3v) is 7.08. The molecule has 1 saturated heterocycles. The summed E-state index contributed by atoms with van der Waals surface area (Å²) in [5.41, 5.74) is 5.22. The highest BCUT2D eigenvalue weighted by molar-refractivity contribution is 6.32. The maximum atomic E-state index is 13.5. The molecule has 0 spiro atoms. The standard InChI is InChI=1S/C29H24Cl2N4O3/c30-21-7-9-22(10-8-21)34-13-15-35(16-14-34)29(38)25-11-5-20(23-3-1-2-4-24(23)25)18-32-33-28(37)19-6-12-27(36)26(31)17-19/h1-12,17-18,36H,13-16H2,(H,33,37). The number of aromatic hydroxyl groups is 1. The van der Waals surface area contributed by atoms with Gasteiger partial charge in [0.2, 0.25) is 0 Å². The molecular formula is C29H24Cl2N4O3. The Hall–Kier alpha value is -4.07. The molecule has 0 unspecified atom stereocenters. The number of hydrogen-bond acceptors (Lipinski definition) is 5. The number of hydrogen-bond donors (Lipinski definition) is 2. The largest absolute Gasteiger partial charge is 0.506 e. The van der Waals surface area contributed by atoms with Crippen LogP contribution in [0, 0.1) is 0 Å². The Morgan fingerprint density at radius 1 is 0.868 bits per heavy atom. The van der Waals surface area contributed by atoms with Crippen molar-refractivity contribution in [3.05, 3.63) is 106 Å². The van der Waals surface area contributed by atoms with Crippen LogP contribution in [-0.4, -0.2) is 54.2 Å². The molecule has 2 N–H and O–H groups in total. The highest BCUT2D eigenvalue weighted by atomic mass is 35.5. The molecule has 0 aromatic heterocycles. The van der Waals surface area contributed by atoms with E-state index in [2.05, 4.69) is 15.4 Å². The van der Waals surface area contributed by atoms with Crippen molar-refractivity contribution < 1.29 is 14.7 Å². The lowest BCUT2D eigenvalue weighted by atomic mass is 9.99. The van der Waals surface area contributed by atoms with Gasteiger partial charge in [-0.05, 0) is 59.3 Å². The van der Waals surface area contributed by atoms with Crippen LogP contribution in [0.15, 0.2) is 84.0 Å². The number of carbonyl (C=O) groups is 2. The summed E-state index contributed by atoms with van der Waals surface area (Å²) in [7, 11) is 0. The topological polar surface area (TPSA) is 85.2 Å². The maximum Gasteiger partial charge on any atom is 0.271 e. The van der Waals surface area contributed by atoms with Gasteiger partial charge in [0, 0.05) is 53.6 Å². The first kappa shape index (κ1) is 25.6. The van der Waals surface area contributed by atoms with Crippen LogP contribution in [0.25, 0.3) is 10.8 Å². The smallest absolute Gasteiger partial charge is 0.271 e. The fourth-order valence-corrected chi connectivity index (χ4v) is 4.79. The molecule has 2 amide bonds. The number of benzene rings is 4. The molecule has 0 radical (unpaired) electrons. The number of nitrogens with one attached hydrogen (secondary N) is 1. The summed E-state index contributed by atoms with van der Waals surface area (Å²) in [4.78, 5) is 30.0. The summed E-state index contributed by atoms with van der Waals surface area (Å²) in [6.07, 6.45) is 1.54. The first-order valence-corrected chi connectivity index (χ1v) is 12.8. The van der Waals surface area contributed by atoms with Gasteiger partial charge in [-0.1, -0.05) is 53.5 Å². The highest BCUT2D eigenvalue weighted by Gasteiger charge is 2.24. The predicted molar refractivity (Wildman–Crippen MR) is 152 cm³/mol. The van der Waals surface area contributed by atoms with Crippen molar-refractivity contribution in [1.82, 2.24) is 10.3 Å². The Kier molecular flexibility index (Phi) is 7.49. The van der Waals surface area contributed by atoms with Crippen molar-refractivity contribution in [2.45, 2.75) is 0 Å². The van der Waals surface area contributed by atoms with Gasteiger partial charge in [0.15, 0.2) is 0 Å². The second-order valence-electron chi connectivity index (χ2n) is 8.87. The van der Waals surface area contributed by atoms with E-state index in [4.69, 9.17) is 23.2 Å². The van der Waals surface area contributed by atoms with Gasteiger partial charge in [-0.15, -0.1) is 0 Å². The van der Waals surface area contributed by atoms with E-state index in [1.807, 2.05) is 59.5 Å². The van der Waals surface area contributed by atoms with Crippen molar-refractivity contribution in [1.29, 1.82) is 0 Å². The number of carbonyl (C=O) groups excluding carboxylic acids is 2. The van der Waals surface area contributed by atoms with Gasteiger partial charge in [0.05, 0.1) is 11.2 Å². The maximum absolute atomic E-state index is 13.5. The third kappa shape index (κ3) is 5.44. The lowest BCUT2D eigenvalue weighted by Gasteiger charge is -2.36. The van der Waals surface area contributed by atoms with E-state index in [0.717, 1.165) is 35.1 Å². The second kappa shape index (κ2) is 11.1. The van der Waals surface area contributed by atoms with Crippen molar-refractivity contribution in [2.24, 2.45) is 5.10 Å². The monoisotopic (exact) mass is 546 g/mol. The number of nitrogens with zero attached hydrogens (tertiary/aromatic N) is 3. The third-order valence-electron chi connectivity index (χ3n) is 6.53. The number of piperazine rings is 1. The molecule has 0 saturated carbocycles. The molecule has 1 heterocycles. The SMILES string of the molecule is O=C(NN=Cc1ccc(C(=O)N2CCN(c3ccc(Cl)cc3)CC2)c2ccccc12)c1ccc(O)c(Cl)c1. The van der Waals surface area contributed by atoms with Crippen LogP contribution in [0.5, 0.6) is 5.75 Å². The number of hydrazone groups is 1. The Bertz CT molecular complexity index is 1530. The molecule has 0 bridgehead atoms. The number of amides is 2. The van der Waals surface area contributed by atoms with E-state index in [0.29, 0.717) is 23.7 Å². The average molecular weight is 547 g/mol. The lowest BCUT2D eigenvalue weighted by molar-refractivity contribution is 0.0748. The summed E-state index contributed by atoms with van der Waals surface area (Å²) in [5.74, 6) is -0.578. The molecule has 9 heteroatoms. The summed E-state index contributed by atoms with van der Waals surface area (Å²) in [6.45, 7) is 2.71. The van der Waals surface area contributed by atoms with E-state index in [-0.39, 0.29) is 22.2 Å². The van der Waals surface area contributed by atoms with Crippen LogP contribution >= 0.6 is 23.2 Å². The summed E-state index contributed by atoms with van der Waals surface area (Å²) >= 11 is 11.9. The Morgan fingerprint density at radius 2 is 1.58 bits per heavy atom. The predicted octanol–water partition coefficient (Wildman–Crippen LogP) is 5.58. The molecule has 1 aliphatic heterocycles. The molecule has 1 fully saturated rings.